The van der Waals surface area contributed by atoms with Crippen LogP contribution < -0.4 is 4.31 Å². The van der Waals surface area contributed by atoms with Gasteiger partial charge in [-0.2, -0.15) is 5.26 Å². The Labute approximate surface area is 166 Å². The van der Waals surface area contributed by atoms with Gasteiger partial charge in [-0.1, -0.05) is 30.3 Å². The quantitative estimate of drug-likeness (QED) is 0.612. The summed E-state index contributed by atoms with van der Waals surface area (Å²) < 4.78 is 26.9. The van der Waals surface area contributed by atoms with Crippen molar-refractivity contribution in [1.29, 1.82) is 5.26 Å². The fraction of sp³-hybridized carbons (Fsp3) is 0.182. The van der Waals surface area contributed by atoms with Crippen LogP contribution in [0.1, 0.15) is 29.2 Å². The Morgan fingerprint density at radius 3 is 2.39 bits per heavy atom. The minimum atomic E-state index is -3.44. The molecule has 0 unspecified atom stereocenters. The average molecular weight is 391 g/mol. The van der Waals surface area contributed by atoms with Crippen LogP contribution >= 0.6 is 0 Å². The van der Waals surface area contributed by atoms with Crippen molar-refractivity contribution in [3.63, 3.8) is 0 Å². The highest BCUT2D eigenvalue weighted by Gasteiger charge is 2.21. The summed E-state index contributed by atoms with van der Waals surface area (Å²) in [6, 6.07) is 20.7. The molecule has 1 heterocycles. The monoisotopic (exact) mass is 391 g/mol. The second-order valence-electron chi connectivity index (χ2n) is 6.42. The molecule has 0 atom stereocenters. The van der Waals surface area contributed by atoms with Crippen LogP contribution in [-0.4, -0.2) is 19.2 Å². The molecule has 142 valence electrons. The van der Waals surface area contributed by atoms with Gasteiger partial charge in [0.2, 0.25) is 10.0 Å². The second-order valence-corrected chi connectivity index (χ2v) is 8.61. The number of hydrogen-bond donors (Lipinski definition) is 0. The highest BCUT2D eigenvalue weighted by Crippen LogP contribution is 2.24. The molecular formula is C22H21N3O2S. The number of hydrogen-bond acceptors (Lipinski definition) is 4. The Morgan fingerprint density at radius 1 is 1.00 bits per heavy atom. The maximum Gasteiger partial charge on any atom is 0.235 e. The van der Waals surface area contributed by atoms with E-state index in [0.717, 1.165) is 16.7 Å². The number of rotatable bonds is 7. The first-order chi connectivity index (χ1) is 13.5. The predicted molar refractivity (Wildman–Crippen MR) is 110 cm³/mol. The predicted octanol–water partition coefficient (Wildman–Crippen LogP) is 3.90. The Morgan fingerprint density at radius 2 is 1.75 bits per heavy atom. The molecule has 2 aromatic carbocycles. The van der Waals surface area contributed by atoms with Crippen LogP contribution in [0, 0.1) is 11.3 Å². The first-order valence-electron chi connectivity index (χ1n) is 8.99. The van der Waals surface area contributed by atoms with Crippen molar-refractivity contribution < 1.29 is 8.42 Å². The highest BCUT2D eigenvalue weighted by atomic mass is 32.2. The molecule has 3 aromatic rings. The number of anilines is 1. The molecule has 0 N–H and O–H groups in total. The van der Waals surface area contributed by atoms with E-state index in [4.69, 9.17) is 5.26 Å². The molecule has 0 aliphatic rings. The number of nitrogens with zero attached hydrogens (tertiary/aromatic N) is 3. The van der Waals surface area contributed by atoms with Gasteiger partial charge in [-0.15, -0.1) is 0 Å². The molecule has 3 rings (SSSR count). The van der Waals surface area contributed by atoms with E-state index in [1.165, 1.54) is 4.31 Å². The molecule has 0 spiro atoms. The van der Waals surface area contributed by atoms with Crippen molar-refractivity contribution in [3.8, 4) is 6.07 Å². The van der Waals surface area contributed by atoms with Crippen LogP contribution in [0.25, 0.3) is 0 Å². The van der Waals surface area contributed by atoms with E-state index < -0.39 is 10.0 Å². The third-order valence-electron chi connectivity index (χ3n) is 4.44. The largest absolute Gasteiger partial charge is 0.266 e. The zero-order valence-electron chi connectivity index (χ0n) is 15.6. The summed E-state index contributed by atoms with van der Waals surface area (Å²) in [4.78, 5) is 4.08. The lowest BCUT2D eigenvalue weighted by Gasteiger charge is -2.24. The van der Waals surface area contributed by atoms with E-state index in [0.29, 0.717) is 17.7 Å². The molecule has 0 radical (unpaired) electrons. The molecule has 0 amide bonds. The summed E-state index contributed by atoms with van der Waals surface area (Å²) in [5.41, 5.74) is 4.15. The van der Waals surface area contributed by atoms with E-state index in [1.807, 2.05) is 42.5 Å². The van der Waals surface area contributed by atoms with Gasteiger partial charge >= 0.3 is 0 Å². The fourth-order valence-electron chi connectivity index (χ4n) is 2.92. The zero-order valence-corrected chi connectivity index (χ0v) is 16.4. The molecule has 1 aromatic heterocycles. The molecule has 0 bridgehead atoms. The van der Waals surface area contributed by atoms with E-state index in [2.05, 4.69) is 11.1 Å². The highest BCUT2D eigenvalue weighted by molar-refractivity contribution is 7.92. The molecule has 6 heteroatoms. The third-order valence-corrected chi connectivity index (χ3v) is 6.18. The van der Waals surface area contributed by atoms with Gasteiger partial charge in [-0.3, -0.25) is 9.29 Å². The smallest absolute Gasteiger partial charge is 0.235 e. The SMILES string of the molecule is CCS(=O)(=O)N(Cc1cccnc1)c1cccc(Cc2ccc(C#N)cc2)c1. The molecule has 5 nitrogen and oxygen atoms in total. The third kappa shape index (κ3) is 4.76. The molecule has 28 heavy (non-hydrogen) atoms. The number of sulfonamides is 1. The van der Waals surface area contributed by atoms with Crippen molar-refractivity contribution >= 4 is 15.7 Å². The lowest BCUT2D eigenvalue weighted by atomic mass is 10.0. The zero-order chi connectivity index (χ0) is 20.0. The summed E-state index contributed by atoms with van der Waals surface area (Å²) in [6.07, 6.45) is 4.01. The number of pyridine rings is 1. The number of aromatic nitrogens is 1. The minimum absolute atomic E-state index is 0.0209. The Bertz CT molecular complexity index is 1070. The van der Waals surface area contributed by atoms with Gasteiger partial charge in [0.25, 0.3) is 0 Å². The van der Waals surface area contributed by atoms with Crippen LogP contribution in [0.4, 0.5) is 5.69 Å². The fourth-order valence-corrected chi connectivity index (χ4v) is 4.01. The van der Waals surface area contributed by atoms with Crippen molar-refractivity contribution in [2.75, 3.05) is 10.1 Å². The van der Waals surface area contributed by atoms with Crippen molar-refractivity contribution in [2.24, 2.45) is 0 Å². The molecule has 0 aliphatic carbocycles. The summed E-state index contributed by atoms with van der Waals surface area (Å²) in [5.74, 6) is 0.0209. The van der Waals surface area contributed by atoms with Gasteiger partial charge in [0.1, 0.15) is 0 Å². The normalized spacial score (nSPS) is 11.0. The minimum Gasteiger partial charge on any atom is -0.266 e. The van der Waals surface area contributed by atoms with Crippen molar-refractivity contribution in [3.05, 3.63) is 95.3 Å². The molecule has 0 fully saturated rings. The Kier molecular flexibility index (Phi) is 6.07. The van der Waals surface area contributed by atoms with E-state index in [-0.39, 0.29) is 12.3 Å². The first-order valence-corrected chi connectivity index (χ1v) is 10.6. The van der Waals surface area contributed by atoms with Crippen LogP contribution in [0.3, 0.4) is 0 Å². The lowest BCUT2D eigenvalue weighted by molar-refractivity contribution is 0.591. The van der Waals surface area contributed by atoms with Crippen molar-refractivity contribution in [1.82, 2.24) is 4.98 Å². The maximum atomic E-state index is 12.7. The molecular weight excluding hydrogens is 370 g/mol. The number of benzene rings is 2. The second kappa shape index (κ2) is 8.68. The van der Waals surface area contributed by atoms with Crippen LogP contribution in [0.5, 0.6) is 0 Å². The molecule has 0 saturated heterocycles. The van der Waals surface area contributed by atoms with E-state index in [9.17, 15) is 8.42 Å². The first kappa shape index (κ1) is 19.6. The van der Waals surface area contributed by atoms with E-state index in [1.54, 1.807) is 37.5 Å². The lowest BCUT2D eigenvalue weighted by Crippen LogP contribution is -2.32. The van der Waals surface area contributed by atoms with Gasteiger partial charge in [0, 0.05) is 12.4 Å². The topological polar surface area (TPSA) is 74.1 Å². The van der Waals surface area contributed by atoms with Gasteiger partial charge < -0.3 is 0 Å². The molecule has 0 saturated carbocycles. The average Bonchev–Trinajstić information content (AvgIpc) is 2.73. The Balaban J connectivity index is 1.90. The van der Waals surface area contributed by atoms with E-state index >= 15 is 0 Å². The standard InChI is InChI=1S/C22H21N3O2S/c1-2-28(26,27)25(17-21-6-4-12-24-16-21)22-7-3-5-20(14-22)13-18-8-10-19(15-23)11-9-18/h3-12,14,16H,2,13,17H2,1H3. The van der Waals surface area contributed by atoms with Gasteiger partial charge in [0.05, 0.1) is 29.6 Å². The van der Waals surface area contributed by atoms with Crippen LogP contribution in [-0.2, 0) is 23.0 Å². The van der Waals surface area contributed by atoms with Crippen molar-refractivity contribution in [2.45, 2.75) is 19.9 Å². The summed E-state index contributed by atoms with van der Waals surface area (Å²) in [5, 5.41) is 8.92. The van der Waals surface area contributed by atoms with Gasteiger partial charge in [-0.05, 0) is 60.4 Å². The van der Waals surface area contributed by atoms with Gasteiger partial charge in [-0.25, -0.2) is 8.42 Å². The number of nitriles is 1. The Hall–Kier alpha value is -3.17. The summed E-state index contributed by atoms with van der Waals surface area (Å²) in [7, 11) is -3.44. The van der Waals surface area contributed by atoms with Crippen LogP contribution in [0.15, 0.2) is 73.1 Å². The summed E-state index contributed by atoms with van der Waals surface area (Å²) >= 11 is 0. The maximum absolute atomic E-state index is 12.7. The molecule has 0 aliphatic heterocycles. The van der Waals surface area contributed by atoms with Gasteiger partial charge in [0.15, 0.2) is 0 Å². The van der Waals surface area contributed by atoms with Crippen LogP contribution in [0.2, 0.25) is 0 Å². The summed E-state index contributed by atoms with van der Waals surface area (Å²) in [6.45, 7) is 1.89.